The summed E-state index contributed by atoms with van der Waals surface area (Å²) in [5, 5.41) is 6.25. The third kappa shape index (κ3) is 2.32. The minimum Gasteiger partial charge on any atom is -0.384 e. The molecule has 0 atom stereocenters. The molecule has 3 rings (SSSR count). The van der Waals surface area contributed by atoms with Crippen LogP contribution in [-0.4, -0.2) is 12.5 Å². The molecule has 96 valence electrons. The lowest BCUT2D eigenvalue weighted by Gasteiger charge is -2.09. The molecule has 0 radical (unpaired) electrons. The van der Waals surface area contributed by atoms with Crippen LogP contribution in [0.3, 0.4) is 0 Å². The highest BCUT2D eigenvalue weighted by molar-refractivity contribution is 6.05. The summed E-state index contributed by atoms with van der Waals surface area (Å²) in [6.45, 7) is 2.94. The number of rotatable bonds is 2. The van der Waals surface area contributed by atoms with Gasteiger partial charge in [-0.05, 0) is 48.7 Å². The first-order valence-corrected chi connectivity index (χ1v) is 6.48. The van der Waals surface area contributed by atoms with E-state index in [-0.39, 0.29) is 5.91 Å². The number of aryl methyl sites for hydroxylation is 1. The fourth-order valence-corrected chi connectivity index (χ4v) is 2.35. The zero-order valence-electron chi connectivity index (χ0n) is 10.9. The topological polar surface area (TPSA) is 41.1 Å². The molecule has 0 bridgehead atoms. The molecule has 3 nitrogen and oxygen atoms in total. The maximum atomic E-state index is 12.2. The van der Waals surface area contributed by atoms with E-state index < -0.39 is 0 Å². The number of hydrogen-bond donors (Lipinski definition) is 2. The molecule has 2 aromatic carbocycles. The molecule has 1 aliphatic rings. The van der Waals surface area contributed by atoms with Crippen LogP contribution in [0.15, 0.2) is 42.5 Å². The largest absolute Gasteiger partial charge is 0.384 e. The summed E-state index contributed by atoms with van der Waals surface area (Å²) in [7, 11) is 0. The van der Waals surface area contributed by atoms with Crippen LogP contribution in [-0.2, 0) is 6.42 Å². The summed E-state index contributed by atoms with van der Waals surface area (Å²) in [6.07, 6.45) is 0.987. The lowest BCUT2D eigenvalue weighted by Crippen LogP contribution is -2.12. The summed E-state index contributed by atoms with van der Waals surface area (Å²) in [6, 6.07) is 13.6. The van der Waals surface area contributed by atoms with Gasteiger partial charge in [0.15, 0.2) is 0 Å². The molecule has 1 amide bonds. The summed E-state index contributed by atoms with van der Waals surface area (Å²) in [4.78, 5) is 12.2. The summed E-state index contributed by atoms with van der Waals surface area (Å²) < 4.78 is 0. The van der Waals surface area contributed by atoms with Crippen molar-refractivity contribution in [2.24, 2.45) is 0 Å². The van der Waals surface area contributed by atoms with E-state index in [1.54, 1.807) is 0 Å². The second kappa shape index (κ2) is 4.76. The quantitative estimate of drug-likeness (QED) is 0.861. The first-order valence-electron chi connectivity index (χ1n) is 6.48. The van der Waals surface area contributed by atoms with E-state index in [9.17, 15) is 4.79 Å². The molecule has 3 heteroatoms. The first kappa shape index (κ1) is 11.8. The Hall–Kier alpha value is -2.29. The Labute approximate surface area is 112 Å². The van der Waals surface area contributed by atoms with Gasteiger partial charge in [0, 0.05) is 23.5 Å². The minimum absolute atomic E-state index is 0.0519. The van der Waals surface area contributed by atoms with Gasteiger partial charge in [-0.3, -0.25) is 4.79 Å². The van der Waals surface area contributed by atoms with Gasteiger partial charge < -0.3 is 10.6 Å². The van der Waals surface area contributed by atoms with Crippen molar-refractivity contribution in [3.05, 3.63) is 59.2 Å². The van der Waals surface area contributed by atoms with Crippen molar-refractivity contribution in [1.82, 2.24) is 0 Å². The molecule has 0 saturated heterocycles. The van der Waals surface area contributed by atoms with E-state index in [0.717, 1.165) is 29.9 Å². The Morgan fingerprint density at radius 1 is 1.21 bits per heavy atom. The van der Waals surface area contributed by atoms with Gasteiger partial charge >= 0.3 is 0 Å². The zero-order valence-corrected chi connectivity index (χ0v) is 10.9. The highest BCUT2D eigenvalue weighted by Crippen LogP contribution is 2.23. The predicted molar refractivity (Wildman–Crippen MR) is 77.8 cm³/mol. The van der Waals surface area contributed by atoms with E-state index in [1.807, 2.05) is 49.4 Å². The monoisotopic (exact) mass is 252 g/mol. The number of anilines is 2. The third-order valence-corrected chi connectivity index (χ3v) is 3.47. The fourth-order valence-electron chi connectivity index (χ4n) is 2.35. The molecule has 2 N–H and O–H groups in total. The molecular weight excluding hydrogens is 236 g/mol. The molecule has 1 heterocycles. The molecule has 0 fully saturated rings. The molecule has 0 aromatic heterocycles. The van der Waals surface area contributed by atoms with Crippen molar-refractivity contribution in [1.29, 1.82) is 0 Å². The van der Waals surface area contributed by atoms with Crippen molar-refractivity contribution in [2.45, 2.75) is 13.3 Å². The zero-order chi connectivity index (χ0) is 13.2. The maximum Gasteiger partial charge on any atom is 0.255 e. The van der Waals surface area contributed by atoms with Crippen molar-refractivity contribution in [2.75, 3.05) is 17.2 Å². The lowest BCUT2D eigenvalue weighted by molar-refractivity contribution is 0.102. The second-order valence-corrected chi connectivity index (χ2v) is 4.82. The Balaban J connectivity index is 1.83. The number of amides is 1. The van der Waals surface area contributed by atoms with Crippen molar-refractivity contribution in [3.8, 4) is 0 Å². The van der Waals surface area contributed by atoms with Crippen LogP contribution in [0.5, 0.6) is 0 Å². The first-order chi connectivity index (χ1) is 9.24. The Kier molecular flexibility index (Phi) is 2.95. The number of para-hydroxylation sites is 1. The molecule has 0 saturated carbocycles. The van der Waals surface area contributed by atoms with Crippen molar-refractivity contribution < 1.29 is 4.79 Å². The standard InChI is InChI=1S/C16H16N2O/c1-11-4-2-3-5-14(11)18-16(19)13-6-7-15-12(10-13)8-9-17-15/h2-7,10,17H,8-9H2,1H3,(H,18,19). The maximum absolute atomic E-state index is 12.2. The molecule has 1 aliphatic heterocycles. The van der Waals surface area contributed by atoms with Gasteiger partial charge in [0.1, 0.15) is 0 Å². The van der Waals surface area contributed by atoms with Crippen molar-refractivity contribution >= 4 is 17.3 Å². The van der Waals surface area contributed by atoms with Crippen LogP contribution in [0.25, 0.3) is 0 Å². The number of nitrogens with one attached hydrogen (secondary N) is 2. The lowest BCUT2D eigenvalue weighted by atomic mass is 10.1. The molecular formula is C16H16N2O. The molecule has 19 heavy (non-hydrogen) atoms. The van der Waals surface area contributed by atoms with E-state index in [2.05, 4.69) is 10.6 Å². The van der Waals surface area contributed by atoms with Crippen LogP contribution in [0.4, 0.5) is 11.4 Å². The van der Waals surface area contributed by atoms with E-state index >= 15 is 0 Å². The predicted octanol–water partition coefficient (Wildman–Crippen LogP) is 3.22. The number of benzene rings is 2. The van der Waals surface area contributed by atoms with Gasteiger partial charge in [0.2, 0.25) is 0 Å². The number of carbonyl (C=O) groups is 1. The normalized spacial score (nSPS) is 12.7. The summed E-state index contributed by atoms with van der Waals surface area (Å²) in [5.41, 5.74) is 5.01. The average Bonchev–Trinajstić information content (AvgIpc) is 2.88. The number of fused-ring (bicyclic) bond motifs is 1. The molecule has 0 unspecified atom stereocenters. The number of hydrogen-bond acceptors (Lipinski definition) is 2. The highest BCUT2D eigenvalue weighted by Gasteiger charge is 2.13. The number of carbonyl (C=O) groups excluding carboxylic acids is 1. The van der Waals surface area contributed by atoms with E-state index in [4.69, 9.17) is 0 Å². The third-order valence-electron chi connectivity index (χ3n) is 3.47. The van der Waals surface area contributed by atoms with E-state index in [1.165, 1.54) is 5.56 Å². The molecule has 0 aliphatic carbocycles. The van der Waals surface area contributed by atoms with Gasteiger partial charge in [-0.15, -0.1) is 0 Å². The van der Waals surface area contributed by atoms with Crippen LogP contribution in [0.2, 0.25) is 0 Å². The fraction of sp³-hybridized carbons (Fsp3) is 0.188. The van der Waals surface area contributed by atoms with Crippen LogP contribution < -0.4 is 10.6 Å². The smallest absolute Gasteiger partial charge is 0.255 e. The van der Waals surface area contributed by atoms with Crippen LogP contribution >= 0.6 is 0 Å². The Morgan fingerprint density at radius 2 is 2.05 bits per heavy atom. The van der Waals surface area contributed by atoms with E-state index in [0.29, 0.717) is 5.56 Å². The molecule has 0 spiro atoms. The van der Waals surface area contributed by atoms with Crippen LogP contribution in [0.1, 0.15) is 21.5 Å². The SMILES string of the molecule is Cc1ccccc1NC(=O)c1ccc2c(c1)CCN2. The van der Waals surface area contributed by atoms with Gasteiger partial charge in [-0.25, -0.2) is 0 Å². The van der Waals surface area contributed by atoms with Gasteiger partial charge in [0.25, 0.3) is 5.91 Å². The molecule has 2 aromatic rings. The van der Waals surface area contributed by atoms with Gasteiger partial charge in [-0.1, -0.05) is 18.2 Å². The van der Waals surface area contributed by atoms with Crippen molar-refractivity contribution in [3.63, 3.8) is 0 Å². The second-order valence-electron chi connectivity index (χ2n) is 4.82. The summed E-state index contributed by atoms with van der Waals surface area (Å²) in [5.74, 6) is -0.0519. The Morgan fingerprint density at radius 3 is 2.89 bits per heavy atom. The van der Waals surface area contributed by atoms with Gasteiger partial charge in [-0.2, -0.15) is 0 Å². The van der Waals surface area contributed by atoms with Gasteiger partial charge in [0.05, 0.1) is 0 Å². The average molecular weight is 252 g/mol. The minimum atomic E-state index is -0.0519. The highest BCUT2D eigenvalue weighted by atomic mass is 16.1. The van der Waals surface area contributed by atoms with Crippen LogP contribution in [0, 0.1) is 6.92 Å². The summed E-state index contributed by atoms with van der Waals surface area (Å²) >= 11 is 0. The Bertz CT molecular complexity index is 634.